The van der Waals surface area contributed by atoms with Crippen molar-refractivity contribution in [3.63, 3.8) is 0 Å². The molecule has 0 aromatic carbocycles. The van der Waals surface area contributed by atoms with Crippen molar-refractivity contribution in [1.29, 1.82) is 0 Å². The molecule has 1 aliphatic heterocycles. The largest absolute Gasteiger partial charge is 0.398 e. The van der Waals surface area contributed by atoms with Gasteiger partial charge in [0.1, 0.15) is 12.8 Å². The van der Waals surface area contributed by atoms with E-state index in [1.165, 1.54) is 7.11 Å². The number of hydrogen-bond acceptors (Lipinski definition) is 3. The molecule has 1 rings (SSSR count). The van der Waals surface area contributed by atoms with Crippen molar-refractivity contribution in [1.82, 2.24) is 4.90 Å². The number of oxime groups is 1. The van der Waals surface area contributed by atoms with Crippen molar-refractivity contribution in [3.05, 3.63) is 0 Å². The van der Waals surface area contributed by atoms with E-state index in [1.54, 1.807) is 0 Å². The molecular weight excluding hydrogens is 176 g/mol. The fourth-order valence-electron chi connectivity index (χ4n) is 2.11. The van der Waals surface area contributed by atoms with Crippen LogP contribution < -0.4 is 0 Å². The van der Waals surface area contributed by atoms with E-state index in [-0.39, 0.29) is 0 Å². The van der Waals surface area contributed by atoms with Gasteiger partial charge in [0.2, 0.25) is 0 Å². The highest BCUT2D eigenvalue weighted by atomic mass is 16.6. The Morgan fingerprint density at radius 2 is 2.36 bits per heavy atom. The lowest BCUT2D eigenvalue weighted by Gasteiger charge is -2.14. The number of nitrogens with zero attached hydrogens (tertiary/aromatic N) is 2. The molecule has 0 aromatic rings. The van der Waals surface area contributed by atoms with Crippen LogP contribution in [0.25, 0.3) is 0 Å². The summed E-state index contributed by atoms with van der Waals surface area (Å²) < 4.78 is 0. The molecule has 78 valence electrons. The Balaban J connectivity index is 2.75. The van der Waals surface area contributed by atoms with Crippen LogP contribution in [0.5, 0.6) is 0 Å². The average molecular weight is 194 g/mol. The number of terminal acetylenes is 1. The van der Waals surface area contributed by atoms with Crippen molar-refractivity contribution in [2.24, 2.45) is 17.0 Å². The highest BCUT2D eigenvalue weighted by molar-refractivity contribution is 6.01. The topological polar surface area (TPSA) is 24.8 Å². The Hall–Kier alpha value is -1.01. The van der Waals surface area contributed by atoms with E-state index in [0.717, 1.165) is 25.2 Å². The monoisotopic (exact) mass is 194 g/mol. The molecule has 1 saturated heterocycles. The van der Waals surface area contributed by atoms with Gasteiger partial charge >= 0.3 is 0 Å². The average Bonchev–Trinajstić information content (AvgIpc) is 2.55. The normalized spacial score (nSPS) is 28.9. The molecule has 0 spiro atoms. The third-order valence-electron chi connectivity index (χ3n) is 2.84. The van der Waals surface area contributed by atoms with Gasteiger partial charge in [-0.05, 0) is 13.0 Å². The lowest BCUT2D eigenvalue weighted by molar-refractivity contribution is 0.211. The van der Waals surface area contributed by atoms with Crippen LogP contribution in [0.2, 0.25) is 0 Å². The molecule has 0 radical (unpaired) electrons. The highest BCUT2D eigenvalue weighted by Crippen LogP contribution is 2.26. The van der Waals surface area contributed by atoms with Crippen molar-refractivity contribution < 1.29 is 4.84 Å². The third-order valence-corrected chi connectivity index (χ3v) is 2.84. The maximum atomic E-state index is 5.42. The third kappa shape index (κ3) is 2.27. The minimum atomic E-state index is 0.370. The molecule has 3 nitrogen and oxygen atoms in total. The number of likely N-dealkylation sites (tertiary alicyclic amines) is 1. The minimum Gasteiger partial charge on any atom is -0.398 e. The molecule has 14 heavy (non-hydrogen) atoms. The standard InChI is InChI=1S/C11H18N2O/c1-5-9-7-13(3)8-10(9)11(6-2)12-14-4/h2,9-10H,5,7-8H2,1,3-4H3/b12-11+. The maximum Gasteiger partial charge on any atom is 0.134 e. The van der Waals surface area contributed by atoms with Crippen molar-refractivity contribution in [3.8, 4) is 12.3 Å². The fraction of sp³-hybridized carbons (Fsp3) is 0.727. The van der Waals surface area contributed by atoms with Crippen LogP contribution in [-0.2, 0) is 4.84 Å². The first kappa shape index (κ1) is 11.1. The maximum absolute atomic E-state index is 5.42. The van der Waals surface area contributed by atoms with Gasteiger partial charge in [0.05, 0.1) is 0 Å². The predicted octanol–water partition coefficient (Wildman–Crippen LogP) is 1.21. The molecule has 0 aliphatic carbocycles. The molecule has 1 aliphatic rings. The second-order valence-electron chi connectivity index (χ2n) is 3.80. The second kappa shape index (κ2) is 5.02. The smallest absolute Gasteiger partial charge is 0.134 e. The van der Waals surface area contributed by atoms with Gasteiger partial charge in [0.25, 0.3) is 0 Å². The van der Waals surface area contributed by atoms with Crippen LogP contribution in [0.3, 0.4) is 0 Å². The molecule has 2 atom stereocenters. The van der Waals surface area contributed by atoms with Crippen LogP contribution in [0.4, 0.5) is 0 Å². The fourth-order valence-corrected chi connectivity index (χ4v) is 2.11. The van der Waals surface area contributed by atoms with Crippen LogP contribution in [0.1, 0.15) is 13.3 Å². The zero-order chi connectivity index (χ0) is 10.6. The summed E-state index contributed by atoms with van der Waals surface area (Å²) in [6.07, 6.45) is 6.56. The van der Waals surface area contributed by atoms with E-state index in [2.05, 4.69) is 29.9 Å². The SMILES string of the molecule is C#C/C(=N\OC)C1CN(C)CC1CC. The van der Waals surface area contributed by atoms with Crippen molar-refractivity contribution >= 4 is 5.71 Å². The first-order valence-corrected chi connectivity index (χ1v) is 4.99. The Kier molecular flexibility index (Phi) is 3.97. The first-order valence-electron chi connectivity index (χ1n) is 4.99. The summed E-state index contributed by atoms with van der Waals surface area (Å²) in [5.74, 6) is 3.61. The zero-order valence-electron chi connectivity index (χ0n) is 9.16. The summed E-state index contributed by atoms with van der Waals surface area (Å²) >= 11 is 0. The summed E-state index contributed by atoms with van der Waals surface area (Å²) in [5, 5.41) is 3.91. The molecule has 1 fully saturated rings. The lowest BCUT2D eigenvalue weighted by Crippen LogP contribution is -2.21. The van der Waals surface area contributed by atoms with Gasteiger partial charge in [-0.1, -0.05) is 24.4 Å². The van der Waals surface area contributed by atoms with Crippen LogP contribution >= 0.6 is 0 Å². The molecule has 2 unspecified atom stereocenters. The highest BCUT2D eigenvalue weighted by Gasteiger charge is 2.32. The summed E-state index contributed by atoms with van der Waals surface area (Å²) in [6.45, 7) is 4.29. The molecule has 1 heterocycles. The van der Waals surface area contributed by atoms with Crippen LogP contribution in [0, 0.1) is 24.2 Å². The van der Waals surface area contributed by atoms with Crippen molar-refractivity contribution in [2.45, 2.75) is 13.3 Å². The Labute approximate surface area is 86.1 Å². The molecule has 3 heteroatoms. The van der Waals surface area contributed by atoms with E-state index >= 15 is 0 Å². The van der Waals surface area contributed by atoms with E-state index in [9.17, 15) is 0 Å². The molecule has 0 aromatic heterocycles. The molecule has 0 amide bonds. The van der Waals surface area contributed by atoms with E-state index < -0.39 is 0 Å². The molecule has 0 N–H and O–H groups in total. The van der Waals surface area contributed by atoms with Gasteiger partial charge < -0.3 is 9.74 Å². The predicted molar refractivity (Wildman–Crippen MR) is 58.0 cm³/mol. The quantitative estimate of drug-likeness (QED) is 0.383. The Bertz CT molecular complexity index is 255. The van der Waals surface area contributed by atoms with Gasteiger partial charge in [-0.25, -0.2) is 0 Å². The van der Waals surface area contributed by atoms with Gasteiger partial charge in [0.15, 0.2) is 0 Å². The summed E-state index contributed by atoms with van der Waals surface area (Å²) in [7, 11) is 3.65. The zero-order valence-corrected chi connectivity index (χ0v) is 9.16. The van der Waals surface area contributed by atoms with Gasteiger partial charge in [-0.15, -0.1) is 6.42 Å². The van der Waals surface area contributed by atoms with E-state index in [4.69, 9.17) is 11.3 Å². The minimum absolute atomic E-state index is 0.370. The number of rotatable bonds is 3. The van der Waals surface area contributed by atoms with E-state index in [1.807, 2.05) is 0 Å². The van der Waals surface area contributed by atoms with Gasteiger partial charge in [-0.2, -0.15) is 0 Å². The van der Waals surface area contributed by atoms with Crippen molar-refractivity contribution in [2.75, 3.05) is 27.2 Å². The summed E-state index contributed by atoms with van der Waals surface area (Å²) in [4.78, 5) is 7.06. The molecular formula is C11H18N2O. The Morgan fingerprint density at radius 3 is 2.86 bits per heavy atom. The second-order valence-corrected chi connectivity index (χ2v) is 3.80. The van der Waals surface area contributed by atoms with Crippen LogP contribution in [0.15, 0.2) is 5.16 Å². The summed E-state index contributed by atoms with van der Waals surface area (Å²) in [6, 6.07) is 0. The first-order chi connectivity index (χ1) is 6.72. The number of hydrogen-bond donors (Lipinski definition) is 0. The summed E-state index contributed by atoms with van der Waals surface area (Å²) in [5.41, 5.74) is 0.753. The Morgan fingerprint density at radius 1 is 1.64 bits per heavy atom. The molecule has 0 saturated carbocycles. The lowest BCUT2D eigenvalue weighted by atomic mass is 9.90. The van der Waals surface area contributed by atoms with E-state index in [0.29, 0.717) is 11.8 Å². The molecule has 0 bridgehead atoms. The van der Waals surface area contributed by atoms with Gasteiger partial charge in [0, 0.05) is 19.0 Å². The van der Waals surface area contributed by atoms with Gasteiger partial charge in [-0.3, -0.25) is 0 Å². The van der Waals surface area contributed by atoms with Crippen LogP contribution in [-0.4, -0.2) is 37.9 Å².